The van der Waals surface area contributed by atoms with Crippen molar-refractivity contribution in [2.45, 2.75) is 19.9 Å². The molecule has 0 N–H and O–H groups in total. The van der Waals surface area contributed by atoms with Crippen molar-refractivity contribution < 1.29 is 4.79 Å². The first kappa shape index (κ1) is 14.3. The second-order valence-corrected chi connectivity index (χ2v) is 5.25. The highest BCUT2D eigenvalue weighted by atomic mass is 79.9. The topological polar surface area (TPSA) is 20.3 Å². The Morgan fingerprint density at radius 1 is 1.59 bits per heavy atom. The van der Waals surface area contributed by atoms with Crippen molar-refractivity contribution in [3.05, 3.63) is 45.9 Å². The lowest BCUT2D eigenvalue weighted by Crippen LogP contribution is -2.37. The Morgan fingerprint density at radius 2 is 2.24 bits per heavy atom. The van der Waals surface area contributed by atoms with Gasteiger partial charge in [-0.2, -0.15) is 0 Å². The third kappa shape index (κ3) is 3.58. The first-order valence-corrected chi connectivity index (χ1v) is 6.51. The maximum absolute atomic E-state index is 12.3. The number of rotatable bonds is 4. The van der Waals surface area contributed by atoms with Gasteiger partial charge in [0, 0.05) is 22.1 Å². The van der Waals surface area contributed by atoms with Crippen LogP contribution in [-0.2, 0) is 0 Å². The molecule has 1 rings (SSSR count). The van der Waals surface area contributed by atoms with Crippen LogP contribution in [0.5, 0.6) is 0 Å². The lowest BCUT2D eigenvalue weighted by atomic mass is 10.1. The normalized spacial score (nSPS) is 10.4. The summed E-state index contributed by atoms with van der Waals surface area (Å²) in [6.07, 6.45) is 1.72. The number of carbonyl (C=O) groups is 1. The van der Waals surface area contributed by atoms with Crippen LogP contribution in [0, 0.1) is 0 Å². The minimum absolute atomic E-state index is 0.0246. The van der Waals surface area contributed by atoms with Crippen molar-refractivity contribution in [1.82, 2.24) is 4.90 Å². The zero-order valence-corrected chi connectivity index (χ0v) is 12.3. The summed E-state index contributed by atoms with van der Waals surface area (Å²) >= 11 is 9.21. The molecule has 2 nitrogen and oxygen atoms in total. The largest absolute Gasteiger partial charge is 0.332 e. The second-order valence-electron chi connectivity index (χ2n) is 3.96. The van der Waals surface area contributed by atoms with Crippen LogP contribution < -0.4 is 0 Å². The molecule has 1 amide bonds. The quantitative estimate of drug-likeness (QED) is 0.765. The van der Waals surface area contributed by atoms with E-state index in [4.69, 9.17) is 11.6 Å². The average molecular weight is 317 g/mol. The lowest BCUT2D eigenvalue weighted by Gasteiger charge is -2.25. The monoisotopic (exact) mass is 315 g/mol. The van der Waals surface area contributed by atoms with Gasteiger partial charge < -0.3 is 4.90 Å². The smallest absolute Gasteiger partial charge is 0.255 e. The van der Waals surface area contributed by atoms with Crippen LogP contribution in [0.2, 0.25) is 5.02 Å². The third-order valence-corrected chi connectivity index (χ3v) is 3.26. The molecule has 1 aromatic carbocycles. The van der Waals surface area contributed by atoms with Crippen LogP contribution in [0.1, 0.15) is 24.2 Å². The number of hydrogen-bond acceptors (Lipinski definition) is 1. The number of halogens is 2. The van der Waals surface area contributed by atoms with Crippen molar-refractivity contribution >= 4 is 33.4 Å². The predicted octanol–water partition coefficient (Wildman–Crippen LogP) is 4.14. The zero-order chi connectivity index (χ0) is 13.0. The maximum Gasteiger partial charge on any atom is 0.255 e. The van der Waals surface area contributed by atoms with E-state index in [0.29, 0.717) is 21.6 Å². The molecule has 1 aromatic rings. The maximum atomic E-state index is 12.3. The fourth-order valence-electron chi connectivity index (χ4n) is 1.48. The van der Waals surface area contributed by atoms with Gasteiger partial charge in [0.1, 0.15) is 0 Å². The van der Waals surface area contributed by atoms with Gasteiger partial charge in [-0.25, -0.2) is 0 Å². The number of amides is 1. The molecule has 0 aliphatic carbocycles. The SMILES string of the molecule is C=CCN(C(=O)c1ccc(Cl)cc1Br)C(C)C. The zero-order valence-electron chi connectivity index (χ0n) is 9.91. The first-order chi connectivity index (χ1) is 7.97. The Morgan fingerprint density at radius 3 is 2.71 bits per heavy atom. The summed E-state index contributed by atoms with van der Waals surface area (Å²) in [5.41, 5.74) is 0.616. The Hall–Kier alpha value is -0.800. The molecule has 0 saturated carbocycles. The minimum Gasteiger partial charge on any atom is -0.332 e. The van der Waals surface area contributed by atoms with Gasteiger partial charge in [-0.05, 0) is 48.0 Å². The van der Waals surface area contributed by atoms with E-state index >= 15 is 0 Å². The van der Waals surface area contributed by atoms with E-state index in [1.165, 1.54) is 0 Å². The lowest BCUT2D eigenvalue weighted by molar-refractivity contribution is 0.0728. The van der Waals surface area contributed by atoms with Gasteiger partial charge in [0.15, 0.2) is 0 Å². The van der Waals surface area contributed by atoms with Crippen molar-refractivity contribution in [3.8, 4) is 0 Å². The molecule has 0 heterocycles. The molecule has 0 bridgehead atoms. The Labute approximate surface area is 115 Å². The highest BCUT2D eigenvalue weighted by Gasteiger charge is 2.19. The van der Waals surface area contributed by atoms with Crippen LogP contribution in [0.25, 0.3) is 0 Å². The van der Waals surface area contributed by atoms with Crippen molar-refractivity contribution in [3.63, 3.8) is 0 Å². The molecular weight excluding hydrogens is 302 g/mol. The van der Waals surface area contributed by atoms with E-state index in [2.05, 4.69) is 22.5 Å². The molecule has 0 saturated heterocycles. The standard InChI is InChI=1S/C13H15BrClNO/c1-4-7-16(9(2)3)13(17)11-6-5-10(15)8-12(11)14/h4-6,8-9H,1,7H2,2-3H3. The van der Waals surface area contributed by atoms with E-state index in [0.717, 1.165) is 0 Å². The summed E-state index contributed by atoms with van der Waals surface area (Å²) in [5.74, 6) is -0.0246. The first-order valence-electron chi connectivity index (χ1n) is 5.34. The minimum atomic E-state index is -0.0246. The van der Waals surface area contributed by atoms with Crippen molar-refractivity contribution in [2.75, 3.05) is 6.54 Å². The molecule has 0 aliphatic rings. The molecule has 17 heavy (non-hydrogen) atoms. The average Bonchev–Trinajstić information content (AvgIpc) is 2.24. The van der Waals surface area contributed by atoms with E-state index in [1.807, 2.05) is 13.8 Å². The summed E-state index contributed by atoms with van der Waals surface area (Å²) < 4.78 is 0.713. The summed E-state index contributed by atoms with van der Waals surface area (Å²) in [6.45, 7) is 8.16. The Bertz CT molecular complexity index is 431. The Balaban J connectivity index is 3.05. The van der Waals surface area contributed by atoms with E-state index in [9.17, 15) is 4.79 Å². The molecule has 0 fully saturated rings. The van der Waals surface area contributed by atoms with Gasteiger partial charge in [-0.1, -0.05) is 17.7 Å². The van der Waals surface area contributed by atoms with Gasteiger partial charge in [0.2, 0.25) is 0 Å². The molecule has 92 valence electrons. The molecule has 0 radical (unpaired) electrons. The van der Waals surface area contributed by atoms with Crippen LogP contribution >= 0.6 is 27.5 Å². The third-order valence-electron chi connectivity index (χ3n) is 2.37. The molecule has 0 atom stereocenters. The Kier molecular flexibility index (Phi) is 5.22. The number of nitrogens with zero attached hydrogens (tertiary/aromatic N) is 1. The number of carbonyl (C=O) groups excluding carboxylic acids is 1. The van der Waals surface area contributed by atoms with Gasteiger partial charge >= 0.3 is 0 Å². The highest BCUT2D eigenvalue weighted by molar-refractivity contribution is 9.10. The van der Waals surface area contributed by atoms with E-state index in [1.54, 1.807) is 29.2 Å². The van der Waals surface area contributed by atoms with Gasteiger partial charge in [-0.3, -0.25) is 4.79 Å². The highest BCUT2D eigenvalue weighted by Crippen LogP contribution is 2.23. The fraction of sp³-hybridized carbons (Fsp3) is 0.308. The summed E-state index contributed by atoms with van der Waals surface area (Å²) in [5, 5.41) is 0.605. The molecule has 4 heteroatoms. The van der Waals surface area contributed by atoms with Gasteiger partial charge in [-0.15, -0.1) is 6.58 Å². The number of benzene rings is 1. The van der Waals surface area contributed by atoms with Crippen LogP contribution in [0.3, 0.4) is 0 Å². The fourth-order valence-corrected chi connectivity index (χ4v) is 2.34. The van der Waals surface area contributed by atoms with Crippen molar-refractivity contribution in [1.29, 1.82) is 0 Å². The van der Waals surface area contributed by atoms with Crippen LogP contribution in [0.15, 0.2) is 35.3 Å². The van der Waals surface area contributed by atoms with Crippen LogP contribution in [-0.4, -0.2) is 23.4 Å². The molecular formula is C13H15BrClNO. The predicted molar refractivity (Wildman–Crippen MR) is 75.5 cm³/mol. The summed E-state index contributed by atoms with van der Waals surface area (Å²) in [7, 11) is 0. The van der Waals surface area contributed by atoms with E-state index in [-0.39, 0.29) is 11.9 Å². The van der Waals surface area contributed by atoms with Crippen LogP contribution in [0.4, 0.5) is 0 Å². The molecule has 0 aliphatic heterocycles. The molecule has 0 unspecified atom stereocenters. The van der Waals surface area contributed by atoms with Gasteiger partial charge in [0.05, 0.1) is 5.56 Å². The second kappa shape index (κ2) is 6.22. The summed E-state index contributed by atoms with van der Waals surface area (Å²) in [4.78, 5) is 14.1. The molecule has 0 aromatic heterocycles. The van der Waals surface area contributed by atoms with E-state index < -0.39 is 0 Å². The number of hydrogen-bond donors (Lipinski definition) is 0. The summed E-state index contributed by atoms with van der Waals surface area (Å²) in [6, 6.07) is 5.29. The van der Waals surface area contributed by atoms with Gasteiger partial charge in [0.25, 0.3) is 5.91 Å². The molecule has 0 spiro atoms. The van der Waals surface area contributed by atoms with Crippen molar-refractivity contribution in [2.24, 2.45) is 0 Å².